The van der Waals surface area contributed by atoms with Crippen LogP contribution in [0.2, 0.25) is 0 Å². The number of likely N-dealkylation sites (tertiary alicyclic amines) is 1. The number of alkyl halides is 3. The van der Waals surface area contributed by atoms with Crippen molar-refractivity contribution < 1.29 is 22.8 Å². The number of anilines is 1. The Hall–Kier alpha value is -2.62. The van der Waals surface area contributed by atoms with Crippen molar-refractivity contribution in [3.63, 3.8) is 0 Å². The first-order chi connectivity index (χ1) is 13.2. The van der Waals surface area contributed by atoms with E-state index < -0.39 is 29.5 Å². The van der Waals surface area contributed by atoms with Crippen molar-refractivity contribution in [2.45, 2.75) is 17.3 Å². The summed E-state index contributed by atoms with van der Waals surface area (Å²) in [4.78, 5) is 34.9. The highest BCUT2D eigenvalue weighted by Gasteiger charge is 2.44. The van der Waals surface area contributed by atoms with Crippen molar-refractivity contribution in [1.29, 1.82) is 0 Å². The molecule has 1 aromatic heterocycles. The molecular weight excluding hydrogens is 393 g/mol. The Bertz CT molecular complexity index is 889. The van der Waals surface area contributed by atoms with Gasteiger partial charge in [0, 0.05) is 25.7 Å². The van der Waals surface area contributed by atoms with E-state index in [0.29, 0.717) is 10.7 Å². The monoisotopic (exact) mass is 410 g/mol. The van der Waals surface area contributed by atoms with Gasteiger partial charge in [0.15, 0.2) is 5.16 Å². The van der Waals surface area contributed by atoms with Gasteiger partial charge in [-0.15, -0.1) is 0 Å². The molecule has 3 rings (SSSR count). The quantitative estimate of drug-likeness (QED) is 0.476. The summed E-state index contributed by atoms with van der Waals surface area (Å²) in [7, 11) is 1.56. The summed E-state index contributed by atoms with van der Waals surface area (Å²) in [6.45, 7) is 0.238. The average molecular weight is 410 g/mol. The zero-order valence-electron chi connectivity index (χ0n) is 15.0. The molecule has 1 saturated heterocycles. The summed E-state index contributed by atoms with van der Waals surface area (Å²) in [6, 6.07) is 6.06. The zero-order valence-corrected chi connectivity index (χ0v) is 15.8. The highest BCUT2D eigenvalue weighted by molar-refractivity contribution is 7.98. The number of nitrogens with zero attached hydrogens (tertiary/aromatic N) is 3. The standard InChI is InChI=1S/C18H17F3N4O2S/c1-25-9-12(10-3-5-11(6-4-10)18(19,20)21)14(16(25)27)15(26)23-13-7-8-22-17(24-13)28-2/h3-8,12,14H,9H2,1-2H3,(H,22,23,24,26)/t12-,14+/m0/s1. The summed E-state index contributed by atoms with van der Waals surface area (Å²) >= 11 is 1.30. The van der Waals surface area contributed by atoms with Crippen molar-refractivity contribution in [3.05, 3.63) is 47.7 Å². The Kier molecular flexibility index (Phi) is 5.59. The lowest BCUT2D eigenvalue weighted by Crippen LogP contribution is -2.33. The Morgan fingerprint density at radius 2 is 1.93 bits per heavy atom. The van der Waals surface area contributed by atoms with E-state index >= 15 is 0 Å². The fraction of sp³-hybridized carbons (Fsp3) is 0.333. The molecule has 1 fully saturated rings. The molecule has 1 aromatic carbocycles. The molecule has 1 aliphatic heterocycles. The van der Waals surface area contributed by atoms with Gasteiger partial charge in [0.05, 0.1) is 5.56 Å². The van der Waals surface area contributed by atoms with Gasteiger partial charge in [-0.3, -0.25) is 9.59 Å². The topological polar surface area (TPSA) is 75.2 Å². The number of nitrogens with one attached hydrogen (secondary N) is 1. The number of halogens is 3. The smallest absolute Gasteiger partial charge is 0.344 e. The Labute approximate surface area is 163 Å². The molecular formula is C18H17F3N4O2S. The summed E-state index contributed by atoms with van der Waals surface area (Å²) in [5.41, 5.74) is -0.279. The lowest BCUT2D eigenvalue weighted by molar-refractivity contribution is -0.138. The van der Waals surface area contributed by atoms with Crippen LogP contribution >= 0.6 is 11.8 Å². The SMILES string of the molecule is CSc1nccc(NC(=O)[C@@H]2C(=O)N(C)C[C@H]2c2ccc(C(F)(F)F)cc2)n1. The summed E-state index contributed by atoms with van der Waals surface area (Å²) < 4.78 is 38.4. The number of amides is 2. The van der Waals surface area contributed by atoms with Gasteiger partial charge in [-0.25, -0.2) is 9.97 Å². The minimum absolute atomic E-state index is 0.238. The van der Waals surface area contributed by atoms with Crippen LogP contribution in [0.5, 0.6) is 0 Å². The maximum Gasteiger partial charge on any atom is 0.416 e. The number of likely N-dealkylation sites (N-methyl/N-ethyl adjacent to an activating group) is 1. The van der Waals surface area contributed by atoms with E-state index in [2.05, 4.69) is 15.3 Å². The molecule has 1 aliphatic rings. The highest BCUT2D eigenvalue weighted by atomic mass is 32.2. The van der Waals surface area contributed by atoms with Crippen molar-refractivity contribution in [3.8, 4) is 0 Å². The van der Waals surface area contributed by atoms with Gasteiger partial charge < -0.3 is 10.2 Å². The fourth-order valence-corrected chi connectivity index (χ4v) is 3.48. The molecule has 2 heterocycles. The predicted octanol–water partition coefficient (Wildman–Crippen LogP) is 3.03. The van der Waals surface area contributed by atoms with Gasteiger partial charge >= 0.3 is 6.18 Å². The molecule has 0 spiro atoms. The van der Waals surface area contributed by atoms with Crippen LogP contribution in [0, 0.1) is 5.92 Å². The summed E-state index contributed by atoms with van der Waals surface area (Å²) in [5.74, 6) is -2.28. The van der Waals surface area contributed by atoms with Crippen LogP contribution in [0.1, 0.15) is 17.0 Å². The summed E-state index contributed by atoms with van der Waals surface area (Å²) in [5, 5.41) is 3.08. The van der Waals surface area contributed by atoms with Gasteiger partial charge in [-0.05, 0) is 30.0 Å². The van der Waals surface area contributed by atoms with Crippen LogP contribution in [0.3, 0.4) is 0 Å². The largest absolute Gasteiger partial charge is 0.416 e. The van der Waals surface area contributed by atoms with Crippen molar-refractivity contribution in [2.75, 3.05) is 25.2 Å². The first-order valence-electron chi connectivity index (χ1n) is 8.30. The Morgan fingerprint density at radius 1 is 1.25 bits per heavy atom. The second-order valence-corrected chi connectivity index (χ2v) is 7.11. The first kappa shape index (κ1) is 20.1. The number of carbonyl (C=O) groups is 2. The van der Waals surface area contributed by atoms with Crippen LogP contribution < -0.4 is 5.32 Å². The molecule has 0 aliphatic carbocycles. The van der Waals surface area contributed by atoms with Crippen LogP contribution in [-0.2, 0) is 15.8 Å². The third-order valence-electron chi connectivity index (χ3n) is 4.53. The number of carbonyl (C=O) groups excluding carboxylic acids is 2. The number of rotatable bonds is 4. The molecule has 148 valence electrons. The van der Waals surface area contributed by atoms with Crippen molar-refractivity contribution >= 4 is 29.4 Å². The molecule has 2 amide bonds. The van der Waals surface area contributed by atoms with Crippen LogP contribution in [-0.4, -0.2) is 46.5 Å². The summed E-state index contributed by atoms with van der Waals surface area (Å²) in [6.07, 6.45) is -1.17. The number of hydrogen-bond acceptors (Lipinski definition) is 5. The van der Waals surface area contributed by atoms with E-state index in [-0.39, 0.29) is 18.3 Å². The molecule has 2 aromatic rings. The minimum Gasteiger partial charge on any atom is -0.344 e. The lowest BCUT2D eigenvalue weighted by Gasteiger charge is -2.17. The molecule has 28 heavy (non-hydrogen) atoms. The molecule has 1 N–H and O–H groups in total. The molecule has 0 bridgehead atoms. The Morgan fingerprint density at radius 3 is 2.54 bits per heavy atom. The molecule has 6 nitrogen and oxygen atoms in total. The minimum atomic E-state index is -4.44. The number of aromatic nitrogens is 2. The van der Waals surface area contributed by atoms with Gasteiger partial charge in [-0.1, -0.05) is 23.9 Å². The first-order valence-corrected chi connectivity index (χ1v) is 9.53. The molecule has 0 saturated carbocycles. The second-order valence-electron chi connectivity index (χ2n) is 6.34. The Balaban J connectivity index is 1.84. The highest BCUT2D eigenvalue weighted by Crippen LogP contribution is 2.36. The second kappa shape index (κ2) is 7.78. The molecule has 10 heteroatoms. The van der Waals surface area contributed by atoms with E-state index in [1.807, 2.05) is 0 Å². The van der Waals surface area contributed by atoms with E-state index in [4.69, 9.17) is 0 Å². The molecule has 0 radical (unpaired) electrons. The van der Waals surface area contributed by atoms with Crippen LogP contribution in [0.4, 0.5) is 19.0 Å². The average Bonchev–Trinajstić information content (AvgIpc) is 2.96. The zero-order chi connectivity index (χ0) is 20.5. The van der Waals surface area contributed by atoms with Gasteiger partial charge in [0.1, 0.15) is 11.7 Å². The maximum absolute atomic E-state index is 12.8. The van der Waals surface area contributed by atoms with Gasteiger partial charge in [-0.2, -0.15) is 13.2 Å². The predicted molar refractivity (Wildman–Crippen MR) is 97.8 cm³/mol. The van der Waals surface area contributed by atoms with Crippen molar-refractivity contribution in [2.24, 2.45) is 5.92 Å². The maximum atomic E-state index is 12.8. The molecule has 0 unspecified atom stereocenters. The van der Waals surface area contributed by atoms with E-state index in [1.54, 1.807) is 13.3 Å². The van der Waals surface area contributed by atoms with Gasteiger partial charge in [0.25, 0.3) is 0 Å². The fourth-order valence-electron chi connectivity index (χ4n) is 3.12. The van der Waals surface area contributed by atoms with Crippen molar-refractivity contribution in [1.82, 2.24) is 14.9 Å². The lowest BCUT2D eigenvalue weighted by atomic mass is 9.87. The van der Waals surface area contributed by atoms with Gasteiger partial charge in [0.2, 0.25) is 11.8 Å². The third kappa shape index (κ3) is 4.11. The number of thioether (sulfide) groups is 1. The molecule has 2 atom stereocenters. The third-order valence-corrected chi connectivity index (χ3v) is 5.09. The van der Waals surface area contributed by atoms with Crippen LogP contribution in [0.15, 0.2) is 41.7 Å². The van der Waals surface area contributed by atoms with Crippen LogP contribution in [0.25, 0.3) is 0 Å². The van der Waals surface area contributed by atoms with E-state index in [1.165, 1.54) is 41.1 Å². The number of benzene rings is 1. The van der Waals surface area contributed by atoms with E-state index in [9.17, 15) is 22.8 Å². The van der Waals surface area contributed by atoms with E-state index in [0.717, 1.165) is 12.1 Å². The normalized spacial score (nSPS) is 19.8. The number of hydrogen-bond donors (Lipinski definition) is 1.